The monoisotopic (exact) mass is 249 g/mol. The van der Waals surface area contributed by atoms with Gasteiger partial charge in [0.2, 0.25) is 0 Å². The van der Waals surface area contributed by atoms with E-state index < -0.39 is 0 Å². The lowest BCUT2D eigenvalue weighted by Crippen LogP contribution is -2.49. The van der Waals surface area contributed by atoms with E-state index in [1.54, 1.807) is 0 Å². The van der Waals surface area contributed by atoms with Crippen molar-refractivity contribution in [3.8, 4) is 0 Å². The van der Waals surface area contributed by atoms with E-state index >= 15 is 0 Å². The molecule has 1 aliphatic rings. The number of hydrogen-bond acceptors (Lipinski definition) is 3. The fourth-order valence-electron chi connectivity index (χ4n) is 1.86. The molecule has 1 heterocycles. The molecule has 1 saturated heterocycles. The second-order valence-corrected chi connectivity index (χ2v) is 4.43. The predicted octanol–water partition coefficient (Wildman–Crippen LogP) is 1.10. The van der Waals surface area contributed by atoms with Crippen LogP contribution in [0, 0.1) is 6.92 Å². The predicted molar refractivity (Wildman–Crippen MR) is 70.8 cm³/mol. The molecule has 0 radical (unpaired) electrons. The van der Waals surface area contributed by atoms with Crippen LogP contribution >= 0.6 is 0 Å². The summed E-state index contributed by atoms with van der Waals surface area (Å²) >= 11 is 0. The smallest absolute Gasteiger partial charge is 0.319 e. The Labute approximate surface area is 107 Å². The summed E-state index contributed by atoms with van der Waals surface area (Å²) in [6.07, 6.45) is 0. The van der Waals surface area contributed by atoms with Gasteiger partial charge in [0.15, 0.2) is 0 Å². The zero-order valence-electron chi connectivity index (χ0n) is 10.5. The zero-order chi connectivity index (χ0) is 12.8. The van der Waals surface area contributed by atoms with Crippen LogP contribution in [0.15, 0.2) is 24.3 Å². The topological polar surface area (TPSA) is 62.4 Å². The van der Waals surface area contributed by atoms with Gasteiger partial charge in [0, 0.05) is 24.8 Å². The fraction of sp³-hybridized carbons (Fsp3) is 0.462. The van der Waals surface area contributed by atoms with E-state index in [1.807, 2.05) is 31.2 Å². The average Bonchev–Trinajstić information content (AvgIpc) is 2.38. The van der Waals surface area contributed by atoms with Crippen molar-refractivity contribution in [1.29, 1.82) is 0 Å². The van der Waals surface area contributed by atoms with E-state index in [0.717, 1.165) is 24.4 Å². The Hall–Kier alpha value is -1.59. The normalized spacial score (nSPS) is 19.3. The molecule has 1 aromatic rings. The molecule has 2 amide bonds. The third-order valence-corrected chi connectivity index (χ3v) is 2.78. The second kappa shape index (κ2) is 6.37. The Balaban J connectivity index is 1.74. The maximum Gasteiger partial charge on any atom is 0.319 e. The Kier molecular flexibility index (Phi) is 4.55. The Morgan fingerprint density at radius 2 is 2.44 bits per heavy atom. The minimum atomic E-state index is -0.187. The average molecular weight is 249 g/mol. The minimum absolute atomic E-state index is 0.187. The maximum atomic E-state index is 11.7. The van der Waals surface area contributed by atoms with E-state index in [9.17, 15) is 4.79 Å². The molecular weight excluding hydrogens is 230 g/mol. The van der Waals surface area contributed by atoms with Crippen molar-refractivity contribution in [3.63, 3.8) is 0 Å². The lowest BCUT2D eigenvalue weighted by Gasteiger charge is -2.23. The van der Waals surface area contributed by atoms with Crippen LogP contribution in [0.5, 0.6) is 0 Å². The van der Waals surface area contributed by atoms with Crippen LogP contribution in [0.3, 0.4) is 0 Å². The summed E-state index contributed by atoms with van der Waals surface area (Å²) in [5, 5.41) is 8.91. The summed E-state index contributed by atoms with van der Waals surface area (Å²) in [6, 6.07) is 7.72. The first-order chi connectivity index (χ1) is 8.74. The van der Waals surface area contributed by atoms with Gasteiger partial charge in [-0.15, -0.1) is 0 Å². The van der Waals surface area contributed by atoms with Crippen LogP contribution in [0.2, 0.25) is 0 Å². The quantitative estimate of drug-likeness (QED) is 0.752. The van der Waals surface area contributed by atoms with Crippen molar-refractivity contribution in [2.45, 2.75) is 13.0 Å². The number of anilines is 1. The molecule has 1 unspecified atom stereocenters. The summed E-state index contributed by atoms with van der Waals surface area (Å²) in [6.45, 7) is 4.78. The third kappa shape index (κ3) is 4.01. The van der Waals surface area contributed by atoms with Gasteiger partial charge in [0.1, 0.15) is 0 Å². The van der Waals surface area contributed by atoms with Crippen molar-refractivity contribution >= 4 is 11.7 Å². The van der Waals surface area contributed by atoms with Crippen molar-refractivity contribution in [2.24, 2.45) is 0 Å². The lowest BCUT2D eigenvalue weighted by molar-refractivity contribution is 0.0776. The number of carbonyl (C=O) groups is 1. The molecule has 1 fully saturated rings. The Morgan fingerprint density at radius 1 is 1.56 bits per heavy atom. The van der Waals surface area contributed by atoms with Crippen LogP contribution in [0.25, 0.3) is 0 Å². The summed E-state index contributed by atoms with van der Waals surface area (Å²) in [4.78, 5) is 11.7. The van der Waals surface area contributed by atoms with E-state index in [-0.39, 0.29) is 12.1 Å². The van der Waals surface area contributed by atoms with Crippen LogP contribution in [-0.2, 0) is 4.74 Å². The van der Waals surface area contributed by atoms with E-state index in [4.69, 9.17) is 4.74 Å². The fourth-order valence-corrected chi connectivity index (χ4v) is 1.86. The number of urea groups is 1. The van der Waals surface area contributed by atoms with Gasteiger partial charge < -0.3 is 20.7 Å². The SMILES string of the molecule is Cc1cccc(NC(=O)NCC2COCCN2)c1. The summed E-state index contributed by atoms with van der Waals surface area (Å²) in [5.41, 5.74) is 1.93. The largest absolute Gasteiger partial charge is 0.378 e. The van der Waals surface area contributed by atoms with Crippen molar-refractivity contribution < 1.29 is 9.53 Å². The first-order valence-corrected chi connectivity index (χ1v) is 6.17. The van der Waals surface area contributed by atoms with Gasteiger partial charge >= 0.3 is 6.03 Å². The molecule has 2 rings (SSSR count). The van der Waals surface area contributed by atoms with Gasteiger partial charge in [0.25, 0.3) is 0 Å². The summed E-state index contributed by atoms with van der Waals surface area (Å²) in [5.74, 6) is 0. The first-order valence-electron chi connectivity index (χ1n) is 6.17. The van der Waals surface area contributed by atoms with Gasteiger partial charge in [-0.2, -0.15) is 0 Å². The number of morpholine rings is 1. The molecule has 0 saturated carbocycles. The highest BCUT2D eigenvalue weighted by Crippen LogP contribution is 2.08. The van der Waals surface area contributed by atoms with E-state index in [2.05, 4.69) is 16.0 Å². The van der Waals surface area contributed by atoms with Gasteiger partial charge in [0.05, 0.1) is 13.2 Å². The van der Waals surface area contributed by atoms with Gasteiger partial charge in [-0.25, -0.2) is 4.79 Å². The summed E-state index contributed by atoms with van der Waals surface area (Å²) < 4.78 is 5.31. The molecule has 1 aromatic carbocycles. The minimum Gasteiger partial charge on any atom is -0.378 e. The number of nitrogens with one attached hydrogen (secondary N) is 3. The highest BCUT2D eigenvalue weighted by molar-refractivity contribution is 5.89. The van der Waals surface area contributed by atoms with E-state index in [1.165, 1.54) is 0 Å². The van der Waals surface area contributed by atoms with Crippen molar-refractivity contribution in [2.75, 3.05) is 31.6 Å². The molecule has 5 heteroatoms. The molecule has 18 heavy (non-hydrogen) atoms. The molecule has 98 valence electrons. The molecular formula is C13H19N3O2. The third-order valence-electron chi connectivity index (χ3n) is 2.78. The van der Waals surface area contributed by atoms with Crippen LogP contribution in [0.1, 0.15) is 5.56 Å². The number of rotatable bonds is 3. The van der Waals surface area contributed by atoms with Crippen LogP contribution < -0.4 is 16.0 Å². The Bertz CT molecular complexity index is 403. The molecule has 1 aliphatic heterocycles. The van der Waals surface area contributed by atoms with Crippen LogP contribution in [-0.4, -0.2) is 38.4 Å². The number of benzene rings is 1. The number of aryl methyl sites for hydroxylation is 1. The summed E-state index contributed by atoms with van der Waals surface area (Å²) in [7, 11) is 0. The molecule has 1 atom stereocenters. The molecule has 0 spiro atoms. The Morgan fingerprint density at radius 3 is 3.17 bits per heavy atom. The lowest BCUT2D eigenvalue weighted by atomic mass is 10.2. The molecule has 3 N–H and O–H groups in total. The van der Waals surface area contributed by atoms with Crippen LogP contribution in [0.4, 0.5) is 10.5 Å². The number of hydrogen-bond donors (Lipinski definition) is 3. The molecule has 0 bridgehead atoms. The van der Waals surface area contributed by atoms with Crippen molar-refractivity contribution in [1.82, 2.24) is 10.6 Å². The molecule has 5 nitrogen and oxygen atoms in total. The second-order valence-electron chi connectivity index (χ2n) is 4.43. The zero-order valence-corrected chi connectivity index (χ0v) is 10.5. The highest BCUT2D eigenvalue weighted by atomic mass is 16.5. The van der Waals surface area contributed by atoms with Gasteiger partial charge in [-0.05, 0) is 24.6 Å². The van der Waals surface area contributed by atoms with Crippen molar-refractivity contribution in [3.05, 3.63) is 29.8 Å². The van der Waals surface area contributed by atoms with E-state index in [0.29, 0.717) is 13.2 Å². The highest BCUT2D eigenvalue weighted by Gasteiger charge is 2.13. The van der Waals surface area contributed by atoms with Gasteiger partial charge in [-0.1, -0.05) is 12.1 Å². The molecule has 0 aromatic heterocycles. The first kappa shape index (κ1) is 12.9. The maximum absolute atomic E-state index is 11.7. The molecule has 0 aliphatic carbocycles. The number of ether oxygens (including phenoxy) is 1. The standard InChI is InChI=1S/C13H19N3O2/c1-10-3-2-4-11(7-10)16-13(17)15-8-12-9-18-6-5-14-12/h2-4,7,12,14H,5-6,8-9H2,1H3,(H2,15,16,17). The number of amides is 2. The number of carbonyl (C=O) groups excluding carboxylic acids is 1. The van der Waals surface area contributed by atoms with Gasteiger partial charge in [-0.3, -0.25) is 0 Å².